The summed E-state index contributed by atoms with van der Waals surface area (Å²) in [6, 6.07) is 24.3. The Hall–Kier alpha value is -4.43. The average molecular weight is 515 g/mol. The van der Waals surface area contributed by atoms with Crippen LogP contribution in [0.1, 0.15) is 39.4 Å². The van der Waals surface area contributed by atoms with Gasteiger partial charge in [-0.25, -0.2) is 10.0 Å². The van der Waals surface area contributed by atoms with Gasteiger partial charge in [-0.05, 0) is 48.7 Å². The molecule has 0 spiro atoms. The number of ether oxygens (including phenoxy) is 1. The molecule has 4 rings (SSSR count). The van der Waals surface area contributed by atoms with Gasteiger partial charge in [0.25, 0.3) is 5.91 Å². The number of aryl methyl sites for hydroxylation is 2. The fourth-order valence-electron chi connectivity index (χ4n) is 4.04. The molecular formula is C30H30N2O6. The molecule has 1 aromatic heterocycles. The fourth-order valence-corrected chi connectivity index (χ4v) is 4.04. The Morgan fingerprint density at radius 2 is 1.68 bits per heavy atom. The summed E-state index contributed by atoms with van der Waals surface area (Å²) >= 11 is 0. The topological polar surface area (TPSA) is 102 Å². The zero-order chi connectivity index (χ0) is 26.9. The van der Waals surface area contributed by atoms with E-state index in [4.69, 9.17) is 14.0 Å². The van der Waals surface area contributed by atoms with Gasteiger partial charge in [-0.2, -0.15) is 0 Å². The van der Waals surface area contributed by atoms with Crippen molar-refractivity contribution in [2.24, 2.45) is 0 Å². The SMILES string of the molecule is CON(Cc1ccccc1)C(=O)c1cc(OCCc2nc(-c3ccccc3)oc2C)ccc1CCC(=O)O. The molecule has 1 heterocycles. The van der Waals surface area contributed by atoms with Gasteiger partial charge in [0.05, 0.1) is 26.0 Å². The van der Waals surface area contributed by atoms with Crippen LogP contribution < -0.4 is 4.74 Å². The number of carboxylic acids is 1. The third-order valence-electron chi connectivity index (χ3n) is 6.06. The largest absolute Gasteiger partial charge is 0.493 e. The van der Waals surface area contributed by atoms with E-state index in [0.717, 1.165) is 22.6 Å². The predicted molar refractivity (Wildman–Crippen MR) is 142 cm³/mol. The predicted octanol–water partition coefficient (Wildman–Crippen LogP) is 5.49. The van der Waals surface area contributed by atoms with Gasteiger partial charge in [0.2, 0.25) is 5.89 Å². The fraction of sp³-hybridized carbons (Fsp3) is 0.233. The molecule has 0 saturated heterocycles. The number of oxazole rings is 1. The van der Waals surface area contributed by atoms with Gasteiger partial charge in [-0.1, -0.05) is 54.6 Å². The molecule has 3 aromatic carbocycles. The maximum absolute atomic E-state index is 13.5. The molecule has 0 atom stereocenters. The first-order chi connectivity index (χ1) is 18.4. The minimum atomic E-state index is -0.936. The molecule has 0 aliphatic rings. The van der Waals surface area contributed by atoms with E-state index in [1.165, 1.54) is 12.2 Å². The number of amides is 1. The van der Waals surface area contributed by atoms with Crippen LogP contribution in [0.25, 0.3) is 11.5 Å². The first kappa shape index (κ1) is 26.6. The average Bonchev–Trinajstić information content (AvgIpc) is 3.31. The van der Waals surface area contributed by atoms with E-state index in [9.17, 15) is 14.7 Å². The van der Waals surface area contributed by atoms with E-state index in [1.807, 2.05) is 67.6 Å². The summed E-state index contributed by atoms with van der Waals surface area (Å²) in [5.41, 5.74) is 3.55. The summed E-state index contributed by atoms with van der Waals surface area (Å²) in [4.78, 5) is 34.6. The third-order valence-corrected chi connectivity index (χ3v) is 6.06. The number of aliphatic carboxylic acids is 1. The maximum Gasteiger partial charge on any atom is 0.303 e. The highest BCUT2D eigenvalue weighted by Gasteiger charge is 2.21. The lowest BCUT2D eigenvalue weighted by molar-refractivity contribution is -0.136. The van der Waals surface area contributed by atoms with Gasteiger partial charge < -0.3 is 14.3 Å². The Labute approximate surface area is 221 Å². The number of aromatic nitrogens is 1. The molecule has 0 bridgehead atoms. The number of hydroxylamine groups is 2. The van der Waals surface area contributed by atoms with Gasteiger partial charge in [-0.15, -0.1) is 0 Å². The van der Waals surface area contributed by atoms with Crippen LogP contribution in [0.2, 0.25) is 0 Å². The van der Waals surface area contributed by atoms with Gasteiger partial charge in [0.15, 0.2) is 0 Å². The smallest absolute Gasteiger partial charge is 0.303 e. The van der Waals surface area contributed by atoms with E-state index in [-0.39, 0.29) is 25.3 Å². The number of hydrogen-bond donors (Lipinski definition) is 1. The molecule has 0 aliphatic heterocycles. The molecular weight excluding hydrogens is 484 g/mol. The molecule has 0 fully saturated rings. The van der Waals surface area contributed by atoms with Crippen molar-refractivity contribution in [1.29, 1.82) is 0 Å². The quantitative estimate of drug-likeness (QED) is 0.249. The highest BCUT2D eigenvalue weighted by atomic mass is 16.7. The highest BCUT2D eigenvalue weighted by Crippen LogP contribution is 2.24. The second-order valence-electron chi connectivity index (χ2n) is 8.71. The van der Waals surface area contributed by atoms with Crippen LogP contribution >= 0.6 is 0 Å². The van der Waals surface area contributed by atoms with Gasteiger partial charge in [0.1, 0.15) is 11.5 Å². The van der Waals surface area contributed by atoms with Crippen molar-refractivity contribution in [3.05, 3.63) is 107 Å². The summed E-state index contributed by atoms with van der Waals surface area (Å²) < 4.78 is 11.8. The van der Waals surface area contributed by atoms with E-state index in [1.54, 1.807) is 18.2 Å². The monoisotopic (exact) mass is 514 g/mol. The number of carbonyl (C=O) groups is 2. The lowest BCUT2D eigenvalue weighted by atomic mass is 10.0. The first-order valence-corrected chi connectivity index (χ1v) is 12.3. The summed E-state index contributed by atoms with van der Waals surface area (Å²) in [5, 5.41) is 10.4. The van der Waals surface area contributed by atoms with Crippen molar-refractivity contribution in [3.8, 4) is 17.2 Å². The van der Waals surface area contributed by atoms with Crippen LogP contribution in [0, 0.1) is 6.92 Å². The number of carboxylic acid groups (broad SMARTS) is 1. The van der Waals surface area contributed by atoms with E-state index >= 15 is 0 Å². The number of rotatable bonds is 12. The second kappa shape index (κ2) is 12.7. The molecule has 0 saturated carbocycles. The Morgan fingerprint density at radius 3 is 2.37 bits per heavy atom. The Kier molecular flexibility index (Phi) is 8.89. The van der Waals surface area contributed by atoms with E-state index in [2.05, 4.69) is 4.98 Å². The van der Waals surface area contributed by atoms with Crippen LogP contribution in [-0.2, 0) is 29.0 Å². The first-order valence-electron chi connectivity index (χ1n) is 12.3. The highest BCUT2D eigenvalue weighted by molar-refractivity contribution is 5.95. The van der Waals surface area contributed by atoms with Gasteiger partial charge in [-0.3, -0.25) is 14.4 Å². The Morgan fingerprint density at radius 1 is 0.974 bits per heavy atom. The summed E-state index contributed by atoms with van der Waals surface area (Å²) in [6.07, 6.45) is 0.631. The van der Waals surface area contributed by atoms with Crippen molar-refractivity contribution >= 4 is 11.9 Å². The Bertz CT molecular complexity index is 1370. The standard InChI is InChI=1S/C30H30N2O6/c1-21-27(31-29(38-21)24-11-7-4-8-12-24)17-18-37-25-15-13-23(14-16-28(33)34)26(19-25)30(35)32(36-2)20-22-9-5-3-6-10-22/h3-13,15,19H,14,16-18,20H2,1-2H3,(H,33,34). The summed E-state index contributed by atoms with van der Waals surface area (Å²) in [7, 11) is 1.43. The minimum Gasteiger partial charge on any atom is -0.493 e. The van der Waals surface area contributed by atoms with Crippen molar-refractivity contribution in [1.82, 2.24) is 10.0 Å². The Balaban J connectivity index is 1.49. The summed E-state index contributed by atoms with van der Waals surface area (Å²) in [5.74, 6) is 0.472. The van der Waals surface area contributed by atoms with Crippen LogP contribution in [0.4, 0.5) is 0 Å². The maximum atomic E-state index is 13.5. The molecule has 0 unspecified atom stereocenters. The van der Waals surface area contributed by atoms with Gasteiger partial charge >= 0.3 is 5.97 Å². The van der Waals surface area contributed by atoms with Gasteiger partial charge in [0, 0.05) is 24.0 Å². The lowest BCUT2D eigenvalue weighted by Gasteiger charge is -2.22. The lowest BCUT2D eigenvalue weighted by Crippen LogP contribution is -2.30. The molecule has 8 nitrogen and oxygen atoms in total. The minimum absolute atomic E-state index is 0.0959. The third kappa shape index (κ3) is 6.86. The molecule has 4 aromatic rings. The van der Waals surface area contributed by atoms with Crippen molar-refractivity contribution in [3.63, 3.8) is 0 Å². The molecule has 38 heavy (non-hydrogen) atoms. The molecule has 0 aliphatic carbocycles. The molecule has 1 amide bonds. The zero-order valence-corrected chi connectivity index (χ0v) is 21.4. The van der Waals surface area contributed by atoms with Crippen LogP contribution in [0.3, 0.4) is 0 Å². The van der Waals surface area contributed by atoms with Crippen LogP contribution in [0.15, 0.2) is 83.3 Å². The number of carbonyl (C=O) groups excluding carboxylic acids is 1. The van der Waals surface area contributed by atoms with Crippen LogP contribution in [0.5, 0.6) is 5.75 Å². The van der Waals surface area contributed by atoms with Crippen molar-refractivity contribution in [2.75, 3.05) is 13.7 Å². The second-order valence-corrected chi connectivity index (χ2v) is 8.71. The molecule has 0 radical (unpaired) electrons. The normalized spacial score (nSPS) is 10.8. The number of hydrogen-bond acceptors (Lipinski definition) is 6. The molecule has 8 heteroatoms. The zero-order valence-electron chi connectivity index (χ0n) is 21.4. The van der Waals surface area contributed by atoms with Crippen LogP contribution in [-0.4, -0.2) is 40.7 Å². The molecule has 1 N–H and O–H groups in total. The number of benzene rings is 3. The number of nitrogens with zero attached hydrogens (tertiary/aromatic N) is 2. The van der Waals surface area contributed by atoms with Crippen molar-refractivity contribution in [2.45, 2.75) is 32.7 Å². The van der Waals surface area contributed by atoms with E-state index < -0.39 is 5.97 Å². The molecule has 196 valence electrons. The van der Waals surface area contributed by atoms with E-state index in [0.29, 0.717) is 35.8 Å². The van der Waals surface area contributed by atoms with Crippen molar-refractivity contribution < 1.29 is 28.7 Å². The summed E-state index contributed by atoms with van der Waals surface area (Å²) in [6.45, 7) is 2.44.